The number of fused-ring (bicyclic) bond motifs is 1. The summed E-state index contributed by atoms with van der Waals surface area (Å²) < 4.78 is 12.3. The summed E-state index contributed by atoms with van der Waals surface area (Å²) in [6.45, 7) is 7.19. The number of hydrogen-bond donors (Lipinski definition) is 0. The van der Waals surface area contributed by atoms with Crippen molar-refractivity contribution in [1.29, 1.82) is 0 Å². The molecule has 1 aliphatic heterocycles. The zero-order valence-electron chi connectivity index (χ0n) is 16.9. The lowest BCUT2D eigenvalue weighted by atomic mass is 10.1. The van der Waals surface area contributed by atoms with Gasteiger partial charge in [-0.15, -0.1) is 0 Å². The maximum absolute atomic E-state index is 12.8. The van der Waals surface area contributed by atoms with Gasteiger partial charge in [0.05, 0.1) is 5.56 Å². The van der Waals surface area contributed by atoms with E-state index in [1.807, 2.05) is 56.5 Å². The Balaban J connectivity index is 1.49. The Bertz CT molecular complexity index is 1100. The quantitative estimate of drug-likeness (QED) is 0.634. The molecule has 1 aromatic carbocycles. The van der Waals surface area contributed by atoms with E-state index in [9.17, 15) is 9.59 Å². The second kappa shape index (κ2) is 7.24. The van der Waals surface area contributed by atoms with Gasteiger partial charge < -0.3 is 14.2 Å². The van der Waals surface area contributed by atoms with E-state index < -0.39 is 5.97 Å². The molecule has 0 N–H and O–H groups in total. The summed E-state index contributed by atoms with van der Waals surface area (Å²) in [6, 6.07) is 11.4. The molecular weight excluding hydrogens is 370 g/mol. The molecular formula is C22H23N3O4. The zero-order chi connectivity index (χ0) is 20.7. The summed E-state index contributed by atoms with van der Waals surface area (Å²) in [5.41, 5.74) is 3.95. The highest BCUT2D eigenvalue weighted by atomic mass is 16.5. The Morgan fingerprint density at radius 1 is 1.21 bits per heavy atom. The molecule has 29 heavy (non-hydrogen) atoms. The van der Waals surface area contributed by atoms with Gasteiger partial charge in [-0.25, -0.2) is 4.79 Å². The molecule has 4 rings (SSSR count). The van der Waals surface area contributed by atoms with Crippen LogP contribution in [0.1, 0.15) is 40.0 Å². The molecule has 0 spiro atoms. The van der Waals surface area contributed by atoms with Crippen molar-refractivity contribution in [1.82, 2.24) is 9.72 Å². The van der Waals surface area contributed by atoms with Crippen LogP contribution < -0.4 is 4.90 Å². The number of aromatic nitrogens is 2. The minimum atomic E-state index is -0.530. The number of benzene rings is 1. The zero-order valence-corrected chi connectivity index (χ0v) is 16.9. The standard InChI is InChI=1S/C22H23N3O4/c1-13-9-17-7-5-6-8-19(17)25(13)21(26)12-28-22(27)18-10-14(2)24(16(18)4)20-11-15(3)29-23-20/h5-8,10-11,13H,9,12H2,1-4H3. The van der Waals surface area contributed by atoms with Crippen LogP contribution in [-0.4, -0.2) is 34.2 Å². The molecule has 1 atom stereocenters. The average molecular weight is 393 g/mol. The summed E-state index contributed by atoms with van der Waals surface area (Å²) in [7, 11) is 0. The van der Waals surface area contributed by atoms with Crippen molar-refractivity contribution >= 4 is 17.6 Å². The molecule has 0 saturated carbocycles. The highest BCUT2D eigenvalue weighted by Gasteiger charge is 2.31. The number of amides is 1. The van der Waals surface area contributed by atoms with Crippen LogP contribution in [0.25, 0.3) is 5.82 Å². The van der Waals surface area contributed by atoms with Crippen molar-refractivity contribution in [2.24, 2.45) is 0 Å². The van der Waals surface area contributed by atoms with Gasteiger partial charge in [0.15, 0.2) is 12.4 Å². The molecule has 3 aromatic rings. The number of nitrogens with zero attached hydrogens (tertiary/aromatic N) is 3. The predicted octanol–water partition coefficient (Wildman–Crippen LogP) is 3.53. The maximum Gasteiger partial charge on any atom is 0.340 e. The fourth-order valence-electron chi connectivity index (χ4n) is 4.00. The first-order valence-corrected chi connectivity index (χ1v) is 9.56. The Morgan fingerprint density at radius 3 is 2.69 bits per heavy atom. The fraction of sp³-hybridized carbons (Fsp3) is 0.318. The minimum absolute atomic E-state index is 0.0408. The number of esters is 1. The van der Waals surface area contributed by atoms with Crippen LogP contribution in [0.4, 0.5) is 5.69 Å². The second-order valence-corrected chi connectivity index (χ2v) is 7.44. The lowest BCUT2D eigenvalue weighted by Crippen LogP contribution is -2.38. The van der Waals surface area contributed by atoms with Gasteiger partial charge in [0.25, 0.3) is 5.91 Å². The third-order valence-corrected chi connectivity index (χ3v) is 5.30. The maximum atomic E-state index is 12.8. The van der Waals surface area contributed by atoms with E-state index in [1.54, 1.807) is 17.0 Å². The topological polar surface area (TPSA) is 77.6 Å². The van der Waals surface area contributed by atoms with Crippen molar-refractivity contribution in [2.75, 3.05) is 11.5 Å². The smallest absolute Gasteiger partial charge is 0.340 e. The first-order chi connectivity index (χ1) is 13.9. The summed E-state index contributed by atoms with van der Waals surface area (Å²) in [6.07, 6.45) is 0.800. The molecule has 1 amide bonds. The number of para-hydroxylation sites is 1. The summed E-state index contributed by atoms with van der Waals surface area (Å²) in [5.74, 6) is 0.534. The average Bonchev–Trinajstić information content (AvgIpc) is 3.34. The number of carbonyl (C=O) groups excluding carboxylic acids is 2. The van der Waals surface area contributed by atoms with Crippen molar-refractivity contribution in [3.63, 3.8) is 0 Å². The third-order valence-electron chi connectivity index (χ3n) is 5.30. The molecule has 1 unspecified atom stereocenters. The highest BCUT2D eigenvalue weighted by Crippen LogP contribution is 2.31. The molecule has 7 heteroatoms. The third kappa shape index (κ3) is 3.33. The SMILES string of the molecule is Cc1cc(-n2c(C)cc(C(=O)OCC(=O)N3c4ccccc4CC3C)c2C)no1. The molecule has 0 bridgehead atoms. The molecule has 2 aromatic heterocycles. The summed E-state index contributed by atoms with van der Waals surface area (Å²) in [5, 5.41) is 4.01. The Labute approximate surface area is 168 Å². The van der Waals surface area contributed by atoms with Gasteiger partial charge in [0.2, 0.25) is 0 Å². The number of carbonyl (C=O) groups is 2. The van der Waals surface area contributed by atoms with E-state index in [0.29, 0.717) is 22.8 Å². The van der Waals surface area contributed by atoms with Crippen molar-refractivity contribution in [3.05, 3.63) is 64.7 Å². The van der Waals surface area contributed by atoms with Crippen molar-refractivity contribution in [3.8, 4) is 5.82 Å². The lowest BCUT2D eigenvalue weighted by molar-refractivity contribution is -0.122. The summed E-state index contributed by atoms with van der Waals surface area (Å²) in [4.78, 5) is 27.1. The lowest BCUT2D eigenvalue weighted by Gasteiger charge is -2.22. The molecule has 7 nitrogen and oxygen atoms in total. The van der Waals surface area contributed by atoms with Gasteiger partial charge in [-0.1, -0.05) is 23.4 Å². The summed E-state index contributed by atoms with van der Waals surface area (Å²) >= 11 is 0. The molecule has 0 radical (unpaired) electrons. The first-order valence-electron chi connectivity index (χ1n) is 9.56. The number of anilines is 1. The van der Waals surface area contributed by atoms with Gasteiger partial charge in [0.1, 0.15) is 5.76 Å². The van der Waals surface area contributed by atoms with Crippen molar-refractivity contribution in [2.45, 2.75) is 40.2 Å². The van der Waals surface area contributed by atoms with Crippen LogP contribution in [-0.2, 0) is 16.0 Å². The molecule has 150 valence electrons. The Hall–Kier alpha value is -3.35. The van der Waals surface area contributed by atoms with E-state index in [0.717, 1.165) is 23.4 Å². The normalized spacial score (nSPS) is 15.4. The molecule has 0 aliphatic carbocycles. The molecule has 0 fully saturated rings. The first kappa shape index (κ1) is 19.0. The van der Waals surface area contributed by atoms with Crippen LogP contribution in [0.2, 0.25) is 0 Å². The minimum Gasteiger partial charge on any atom is -0.452 e. The number of rotatable bonds is 4. The van der Waals surface area contributed by atoms with E-state index in [-0.39, 0.29) is 18.6 Å². The molecule has 0 saturated heterocycles. The van der Waals surface area contributed by atoms with Crippen LogP contribution >= 0.6 is 0 Å². The van der Waals surface area contributed by atoms with Crippen LogP contribution in [0, 0.1) is 20.8 Å². The van der Waals surface area contributed by atoms with E-state index in [4.69, 9.17) is 9.26 Å². The monoisotopic (exact) mass is 393 g/mol. The molecule has 1 aliphatic rings. The Morgan fingerprint density at radius 2 is 1.97 bits per heavy atom. The Kier molecular flexibility index (Phi) is 4.74. The predicted molar refractivity (Wildman–Crippen MR) is 107 cm³/mol. The van der Waals surface area contributed by atoms with Gasteiger partial charge in [-0.05, 0) is 51.8 Å². The van der Waals surface area contributed by atoms with E-state index in [1.165, 1.54) is 0 Å². The molecule has 3 heterocycles. The van der Waals surface area contributed by atoms with Crippen LogP contribution in [0.3, 0.4) is 0 Å². The largest absolute Gasteiger partial charge is 0.452 e. The van der Waals surface area contributed by atoms with Gasteiger partial charge in [-0.2, -0.15) is 0 Å². The van der Waals surface area contributed by atoms with Crippen LogP contribution in [0.15, 0.2) is 40.9 Å². The fourth-order valence-corrected chi connectivity index (χ4v) is 4.00. The van der Waals surface area contributed by atoms with Crippen LogP contribution in [0.5, 0.6) is 0 Å². The number of hydrogen-bond acceptors (Lipinski definition) is 5. The van der Waals surface area contributed by atoms with Gasteiger partial charge >= 0.3 is 5.97 Å². The van der Waals surface area contributed by atoms with Gasteiger partial charge in [0, 0.05) is 29.2 Å². The number of ether oxygens (including phenoxy) is 1. The second-order valence-electron chi connectivity index (χ2n) is 7.44. The highest BCUT2D eigenvalue weighted by molar-refractivity contribution is 5.99. The van der Waals surface area contributed by atoms with E-state index >= 15 is 0 Å². The number of aryl methyl sites for hydroxylation is 2. The van der Waals surface area contributed by atoms with E-state index in [2.05, 4.69) is 5.16 Å². The van der Waals surface area contributed by atoms with Gasteiger partial charge in [-0.3, -0.25) is 9.36 Å². The van der Waals surface area contributed by atoms with Crippen molar-refractivity contribution < 1.29 is 18.8 Å².